The van der Waals surface area contributed by atoms with Crippen molar-refractivity contribution in [1.82, 2.24) is 0 Å². The van der Waals surface area contributed by atoms with E-state index < -0.39 is 0 Å². The molecule has 0 bridgehead atoms. The molecule has 0 radical (unpaired) electrons. The molecule has 0 aliphatic heterocycles. The van der Waals surface area contributed by atoms with E-state index in [9.17, 15) is 0 Å². The third-order valence-corrected chi connectivity index (χ3v) is 3.45. The van der Waals surface area contributed by atoms with E-state index in [2.05, 4.69) is 51.7 Å². The summed E-state index contributed by atoms with van der Waals surface area (Å²) in [6.45, 7) is 10.7. The van der Waals surface area contributed by atoms with Crippen molar-refractivity contribution in [3.05, 3.63) is 52.5 Å². The zero-order chi connectivity index (χ0) is 16.1. The monoisotopic (exact) mass is 288 g/mol. The van der Waals surface area contributed by atoms with Crippen LogP contribution in [0.15, 0.2) is 52.5 Å². The Morgan fingerprint density at radius 1 is 0.762 bits per heavy atom. The molecule has 0 aromatic rings. The van der Waals surface area contributed by atoms with Crippen LogP contribution >= 0.6 is 0 Å². The van der Waals surface area contributed by atoms with Gasteiger partial charge in [0.1, 0.15) is 6.26 Å². The highest BCUT2D eigenvalue weighted by molar-refractivity contribution is 5.06. The van der Waals surface area contributed by atoms with Gasteiger partial charge in [-0.25, -0.2) is 0 Å². The molecule has 0 saturated heterocycles. The highest BCUT2D eigenvalue weighted by atomic mass is 16.2. The summed E-state index contributed by atoms with van der Waals surface area (Å²) < 4.78 is 0. The average Bonchev–Trinajstić information content (AvgIpc) is 2.38. The van der Waals surface area contributed by atoms with Crippen LogP contribution in [0.4, 0.5) is 0 Å². The SMILES string of the molecule is CC(=C=CO)CC/C=C(\C)CC/C=C(\C)CCC=C(C)C. The maximum absolute atomic E-state index is 8.62. The van der Waals surface area contributed by atoms with Crippen molar-refractivity contribution in [1.29, 1.82) is 0 Å². The Kier molecular flexibility index (Phi) is 11.4. The van der Waals surface area contributed by atoms with E-state index >= 15 is 0 Å². The third-order valence-electron chi connectivity index (χ3n) is 3.45. The van der Waals surface area contributed by atoms with Crippen LogP contribution < -0.4 is 0 Å². The fourth-order valence-corrected chi connectivity index (χ4v) is 2.06. The lowest BCUT2D eigenvalue weighted by Crippen LogP contribution is -1.81. The normalized spacial score (nSPS) is 11.9. The minimum atomic E-state index is 0.964. The first-order valence-corrected chi connectivity index (χ1v) is 7.95. The Bertz CT molecular complexity index is 436. The van der Waals surface area contributed by atoms with Crippen molar-refractivity contribution >= 4 is 0 Å². The lowest BCUT2D eigenvalue weighted by molar-refractivity contribution is 0.474. The molecule has 0 aliphatic rings. The standard InChI is InChI=1S/C20H32O/c1-17(2)9-6-10-18(3)11-7-12-19(4)13-8-14-20(5)15-16-21/h9,11,13,16,21H,6-8,10,12,14H2,1-5H3/b18-11+,19-13+. The van der Waals surface area contributed by atoms with Gasteiger partial charge in [0.25, 0.3) is 0 Å². The quantitative estimate of drug-likeness (QED) is 0.281. The van der Waals surface area contributed by atoms with E-state index in [0.717, 1.165) is 43.9 Å². The maximum Gasteiger partial charge on any atom is 0.121 e. The minimum absolute atomic E-state index is 0.964. The van der Waals surface area contributed by atoms with E-state index in [-0.39, 0.29) is 0 Å². The maximum atomic E-state index is 8.62. The predicted octanol–water partition coefficient (Wildman–Crippen LogP) is 6.80. The van der Waals surface area contributed by atoms with Gasteiger partial charge in [-0.05, 0) is 78.7 Å². The Morgan fingerprint density at radius 3 is 1.71 bits per heavy atom. The third kappa shape index (κ3) is 13.3. The molecular weight excluding hydrogens is 256 g/mol. The van der Waals surface area contributed by atoms with Crippen LogP contribution in [0.1, 0.15) is 73.1 Å². The predicted molar refractivity (Wildman–Crippen MR) is 94.5 cm³/mol. The van der Waals surface area contributed by atoms with Gasteiger partial charge >= 0.3 is 0 Å². The Hall–Kier alpha value is -1.46. The molecule has 1 N–H and O–H groups in total. The number of rotatable bonds is 9. The van der Waals surface area contributed by atoms with Crippen LogP contribution in [-0.4, -0.2) is 5.11 Å². The topological polar surface area (TPSA) is 20.2 Å². The van der Waals surface area contributed by atoms with E-state index in [0.29, 0.717) is 0 Å². The molecular formula is C20H32O. The second kappa shape index (κ2) is 12.3. The van der Waals surface area contributed by atoms with Gasteiger partial charge in [-0.2, -0.15) is 0 Å². The Morgan fingerprint density at radius 2 is 1.24 bits per heavy atom. The Labute approximate surface area is 131 Å². The van der Waals surface area contributed by atoms with Gasteiger partial charge in [-0.3, -0.25) is 0 Å². The zero-order valence-corrected chi connectivity index (χ0v) is 14.5. The molecule has 1 heteroatoms. The molecule has 0 atom stereocenters. The van der Waals surface area contributed by atoms with Gasteiger partial charge in [0.15, 0.2) is 0 Å². The number of aliphatic hydroxyl groups excluding tert-OH is 1. The van der Waals surface area contributed by atoms with Gasteiger partial charge in [0, 0.05) is 0 Å². The van der Waals surface area contributed by atoms with Gasteiger partial charge in [0.2, 0.25) is 0 Å². The smallest absolute Gasteiger partial charge is 0.121 e. The second-order valence-electron chi connectivity index (χ2n) is 6.05. The van der Waals surface area contributed by atoms with E-state index in [1.807, 2.05) is 6.92 Å². The molecule has 0 aromatic heterocycles. The fraction of sp³-hybridized carbons (Fsp3) is 0.550. The molecule has 0 aromatic carbocycles. The lowest BCUT2D eigenvalue weighted by Gasteiger charge is -2.02. The molecule has 0 heterocycles. The summed E-state index contributed by atoms with van der Waals surface area (Å²) >= 11 is 0. The van der Waals surface area contributed by atoms with Gasteiger partial charge in [-0.1, -0.05) is 40.7 Å². The first-order valence-electron chi connectivity index (χ1n) is 7.95. The lowest BCUT2D eigenvalue weighted by atomic mass is 10.0. The zero-order valence-electron chi connectivity index (χ0n) is 14.5. The summed E-state index contributed by atoms with van der Waals surface area (Å²) in [4.78, 5) is 0. The summed E-state index contributed by atoms with van der Waals surface area (Å²) in [5.74, 6) is 0. The van der Waals surface area contributed by atoms with Crippen LogP contribution in [0.25, 0.3) is 0 Å². The highest BCUT2D eigenvalue weighted by Crippen LogP contribution is 2.13. The highest BCUT2D eigenvalue weighted by Gasteiger charge is 1.93. The van der Waals surface area contributed by atoms with Gasteiger partial charge < -0.3 is 5.11 Å². The summed E-state index contributed by atoms with van der Waals surface area (Å²) in [7, 11) is 0. The van der Waals surface area contributed by atoms with Crippen LogP contribution in [0.3, 0.4) is 0 Å². The molecule has 0 fully saturated rings. The van der Waals surface area contributed by atoms with Crippen LogP contribution in [0.2, 0.25) is 0 Å². The van der Waals surface area contributed by atoms with Crippen LogP contribution in [0, 0.1) is 0 Å². The second-order valence-corrected chi connectivity index (χ2v) is 6.05. The molecule has 21 heavy (non-hydrogen) atoms. The molecule has 0 spiro atoms. The Balaban J connectivity index is 3.99. The van der Waals surface area contributed by atoms with E-state index in [1.54, 1.807) is 0 Å². The van der Waals surface area contributed by atoms with Crippen LogP contribution in [-0.2, 0) is 0 Å². The molecule has 118 valence electrons. The van der Waals surface area contributed by atoms with Crippen molar-refractivity contribution < 1.29 is 5.11 Å². The van der Waals surface area contributed by atoms with Crippen molar-refractivity contribution in [2.24, 2.45) is 0 Å². The number of hydrogen-bond donors (Lipinski definition) is 1. The average molecular weight is 288 g/mol. The van der Waals surface area contributed by atoms with E-state index in [1.165, 1.54) is 23.1 Å². The summed E-state index contributed by atoms with van der Waals surface area (Å²) in [5, 5.41) is 8.62. The van der Waals surface area contributed by atoms with Gasteiger partial charge in [-0.15, -0.1) is 0 Å². The first-order chi connectivity index (χ1) is 9.95. The molecule has 0 rings (SSSR count). The summed E-state index contributed by atoms with van der Waals surface area (Å²) in [6.07, 6.45) is 14.6. The van der Waals surface area contributed by atoms with Crippen LogP contribution in [0.5, 0.6) is 0 Å². The molecule has 0 aliphatic carbocycles. The molecule has 1 nitrogen and oxygen atoms in total. The van der Waals surface area contributed by atoms with Crippen molar-refractivity contribution in [2.75, 3.05) is 0 Å². The number of allylic oxidation sites excluding steroid dienone is 7. The molecule has 0 amide bonds. The largest absolute Gasteiger partial charge is 0.507 e. The summed E-state index contributed by atoms with van der Waals surface area (Å²) in [5.41, 5.74) is 8.25. The van der Waals surface area contributed by atoms with Gasteiger partial charge in [0.05, 0.1) is 0 Å². The van der Waals surface area contributed by atoms with Crippen molar-refractivity contribution in [3.8, 4) is 0 Å². The van der Waals surface area contributed by atoms with Crippen molar-refractivity contribution in [2.45, 2.75) is 73.1 Å². The van der Waals surface area contributed by atoms with Crippen molar-refractivity contribution in [3.63, 3.8) is 0 Å². The summed E-state index contributed by atoms with van der Waals surface area (Å²) in [6, 6.07) is 0. The number of aliphatic hydroxyl groups is 1. The number of hydrogen-bond acceptors (Lipinski definition) is 1. The van der Waals surface area contributed by atoms with E-state index in [4.69, 9.17) is 5.11 Å². The molecule has 0 unspecified atom stereocenters. The molecule has 0 saturated carbocycles. The first kappa shape index (κ1) is 19.5. The minimum Gasteiger partial charge on any atom is -0.507 e. The fourth-order valence-electron chi connectivity index (χ4n) is 2.06.